The smallest absolute Gasteiger partial charge is 0.225 e. The maximum Gasteiger partial charge on any atom is 0.225 e. The van der Waals surface area contributed by atoms with Gasteiger partial charge < -0.3 is 26.5 Å². The van der Waals surface area contributed by atoms with E-state index in [0.29, 0.717) is 52.1 Å². The second kappa shape index (κ2) is 13.0. The summed E-state index contributed by atoms with van der Waals surface area (Å²) in [6.07, 6.45) is 1.78. The van der Waals surface area contributed by atoms with Crippen LogP contribution < -0.4 is 21.3 Å². The molecule has 0 aromatic rings. The van der Waals surface area contributed by atoms with Gasteiger partial charge in [0.05, 0.1) is 28.8 Å². The van der Waals surface area contributed by atoms with Crippen LogP contribution in [0.4, 0.5) is 0 Å². The Kier molecular flexibility index (Phi) is 10.9. The van der Waals surface area contributed by atoms with Gasteiger partial charge in [-0.2, -0.15) is 5.06 Å². The highest BCUT2D eigenvalue weighted by atomic mass is 16.5. The maximum absolute atomic E-state index is 13.2. The quantitative estimate of drug-likeness (QED) is 0.219. The molecule has 12 heteroatoms. The van der Waals surface area contributed by atoms with E-state index in [0.717, 1.165) is 11.5 Å². The molecule has 1 radical (unpaired) electrons. The van der Waals surface area contributed by atoms with Crippen molar-refractivity contribution in [2.24, 2.45) is 17.8 Å². The molecule has 12 nitrogen and oxygen atoms in total. The first-order valence-corrected chi connectivity index (χ1v) is 16.7. The highest BCUT2D eigenvalue weighted by Gasteiger charge is 2.56. The fourth-order valence-corrected chi connectivity index (χ4v) is 8.26. The van der Waals surface area contributed by atoms with Crippen molar-refractivity contribution in [2.75, 3.05) is 39.3 Å². The summed E-state index contributed by atoms with van der Waals surface area (Å²) in [6, 6.07) is 0. The maximum atomic E-state index is 13.2. The van der Waals surface area contributed by atoms with Crippen molar-refractivity contribution in [1.82, 2.24) is 36.3 Å². The van der Waals surface area contributed by atoms with E-state index in [1.807, 2.05) is 55.4 Å². The van der Waals surface area contributed by atoms with Gasteiger partial charge in [0.25, 0.3) is 0 Å². The molecular formula is C33H62N7O5. The minimum Gasteiger partial charge on any atom is -0.355 e. The van der Waals surface area contributed by atoms with Gasteiger partial charge in [0.1, 0.15) is 0 Å². The van der Waals surface area contributed by atoms with Gasteiger partial charge in [0.15, 0.2) is 0 Å². The molecule has 0 aliphatic carbocycles. The summed E-state index contributed by atoms with van der Waals surface area (Å²) < 4.78 is 0. The highest BCUT2D eigenvalue weighted by Crippen LogP contribution is 2.44. The monoisotopic (exact) mass is 636 g/mol. The third-order valence-electron chi connectivity index (χ3n) is 10.7. The van der Waals surface area contributed by atoms with Crippen LogP contribution in [0.15, 0.2) is 0 Å². The van der Waals surface area contributed by atoms with Crippen molar-refractivity contribution in [1.29, 1.82) is 0 Å². The topological polar surface area (TPSA) is 149 Å². The van der Waals surface area contributed by atoms with E-state index in [2.05, 4.69) is 53.9 Å². The van der Waals surface area contributed by atoms with Crippen LogP contribution in [0.3, 0.4) is 0 Å². The predicted octanol–water partition coefficient (Wildman–Crippen LogP) is 2.30. The minimum absolute atomic E-state index is 0.0208. The second-order valence-corrected chi connectivity index (χ2v) is 17.3. The van der Waals surface area contributed by atoms with Crippen molar-refractivity contribution in [2.45, 2.75) is 136 Å². The molecule has 3 saturated heterocycles. The zero-order valence-electron chi connectivity index (χ0n) is 30.0. The first-order valence-electron chi connectivity index (χ1n) is 16.7. The number of rotatable bonds is 12. The Hall–Kier alpha value is -1.83. The Morgan fingerprint density at radius 2 is 1.07 bits per heavy atom. The lowest BCUT2D eigenvalue weighted by atomic mass is 9.86. The molecule has 3 rings (SSSR count). The summed E-state index contributed by atoms with van der Waals surface area (Å²) in [5, 5.41) is 38.6. The molecule has 0 aromatic carbocycles. The number of amides is 3. The van der Waals surface area contributed by atoms with Gasteiger partial charge in [-0.15, -0.1) is 10.3 Å². The number of nitrogens with one attached hydrogen (secondary N) is 4. The van der Waals surface area contributed by atoms with Crippen LogP contribution in [0.25, 0.3) is 0 Å². The summed E-state index contributed by atoms with van der Waals surface area (Å²) in [7, 11) is 0. The molecule has 3 aliphatic rings. The summed E-state index contributed by atoms with van der Waals surface area (Å²) in [5.41, 5.74) is -3.03. The van der Waals surface area contributed by atoms with Crippen molar-refractivity contribution >= 4 is 17.7 Å². The van der Waals surface area contributed by atoms with E-state index in [9.17, 15) is 24.8 Å². The molecule has 0 spiro atoms. The summed E-state index contributed by atoms with van der Waals surface area (Å²) >= 11 is 0. The molecule has 0 bridgehead atoms. The van der Waals surface area contributed by atoms with Crippen LogP contribution in [0.1, 0.15) is 102 Å². The Balaban J connectivity index is 1.58. The van der Waals surface area contributed by atoms with Crippen molar-refractivity contribution < 1.29 is 24.8 Å². The Morgan fingerprint density at radius 3 is 1.40 bits per heavy atom. The average Bonchev–Trinajstić information content (AvgIpc) is 3.31. The van der Waals surface area contributed by atoms with Crippen LogP contribution >= 0.6 is 0 Å². The zero-order valence-corrected chi connectivity index (χ0v) is 30.0. The standard InChI is InChI=1S/C33H62N7O5/c1-28(2)19-22(31(7,8)37-28)25(41)34-13-16-38(17-14-35-26(42)23-20-29(3,4)39(44)32(23,9)10)18-15-36-27(43)24-21-30(5,6)40(45)33(24,11)12/h22-24,37,44H,13-21H2,1-12H3,(H,34,41)(H,35,42)(H,36,43). The third-order valence-corrected chi connectivity index (χ3v) is 10.7. The molecule has 3 aliphatic heterocycles. The van der Waals surface area contributed by atoms with Gasteiger partial charge in [-0.25, -0.2) is 0 Å². The van der Waals surface area contributed by atoms with E-state index < -0.39 is 28.1 Å². The molecule has 3 atom stereocenters. The Labute approximate surface area is 271 Å². The van der Waals surface area contributed by atoms with Crippen molar-refractivity contribution in [3.63, 3.8) is 0 Å². The summed E-state index contributed by atoms with van der Waals surface area (Å²) in [5.74, 6) is -1.15. The number of carbonyl (C=O) groups is 3. The number of hydrogen-bond donors (Lipinski definition) is 5. The van der Waals surface area contributed by atoms with Crippen LogP contribution in [0, 0.1) is 17.8 Å². The SMILES string of the molecule is CC1(C)CC(C(=O)NCCN(CCNC(=O)C2CC(C)(C)N([O])C2(C)C)CCNC(=O)C2CC(C)(C)N(O)C2(C)C)C(C)(C)N1. The highest BCUT2D eigenvalue weighted by molar-refractivity contribution is 5.81. The minimum atomic E-state index is -0.800. The van der Waals surface area contributed by atoms with Gasteiger partial charge in [0.2, 0.25) is 17.7 Å². The van der Waals surface area contributed by atoms with E-state index >= 15 is 0 Å². The number of hydroxylamine groups is 4. The van der Waals surface area contributed by atoms with Gasteiger partial charge in [-0.1, -0.05) is 0 Å². The summed E-state index contributed by atoms with van der Waals surface area (Å²) in [4.78, 5) is 41.7. The molecule has 3 fully saturated rings. The lowest BCUT2D eigenvalue weighted by Gasteiger charge is -2.35. The van der Waals surface area contributed by atoms with Crippen LogP contribution in [-0.4, -0.2) is 110 Å². The van der Waals surface area contributed by atoms with Gasteiger partial charge in [0, 0.05) is 61.4 Å². The Bertz CT molecular complexity index is 1050. The van der Waals surface area contributed by atoms with Crippen molar-refractivity contribution in [3.8, 4) is 0 Å². The first kappa shape index (κ1) is 37.6. The van der Waals surface area contributed by atoms with Crippen LogP contribution in [-0.2, 0) is 19.6 Å². The molecule has 3 heterocycles. The molecular weight excluding hydrogens is 574 g/mol. The third kappa shape index (κ3) is 8.19. The van der Waals surface area contributed by atoms with Gasteiger partial charge >= 0.3 is 0 Å². The predicted molar refractivity (Wildman–Crippen MR) is 174 cm³/mol. The fourth-order valence-electron chi connectivity index (χ4n) is 8.26. The van der Waals surface area contributed by atoms with Gasteiger partial charge in [-0.3, -0.25) is 19.3 Å². The van der Waals surface area contributed by atoms with Crippen LogP contribution in [0.5, 0.6) is 0 Å². The van der Waals surface area contributed by atoms with E-state index in [1.54, 1.807) is 0 Å². The Morgan fingerprint density at radius 1 is 0.667 bits per heavy atom. The molecule has 3 amide bonds. The van der Waals surface area contributed by atoms with Crippen molar-refractivity contribution in [3.05, 3.63) is 0 Å². The lowest BCUT2D eigenvalue weighted by Crippen LogP contribution is -2.51. The van der Waals surface area contributed by atoms with Gasteiger partial charge in [-0.05, 0) is 102 Å². The zero-order chi connectivity index (χ0) is 34.4. The largest absolute Gasteiger partial charge is 0.355 e. The number of hydrogen-bond acceptors (Lipinski definition) is 8. The number of nitrogens with zero attached hydrogens (tertiary/aromatic N) is 3. The molecule has 3 unspecified atom stereocenters. The molecule has 259 valence electrons. The first-order chi connectivity index (χ1) is 20.3. The molecule has 45 heavy (non-hydrogen) atoms. The van der Waals surface area contributed by atoms with Crippen LogP contribution in [0.2, 0.25) is 0 Å². The number of carbonyl (C=O) groups excluding carboxylic acids is 3. The summed E-state index contributed by atoms with van der Waals surface area (Å²) in [6.45, 7) is 26.1. The lowest BCUT2D eigenvalue weighted by molar-refractivity contribution is -0.247. The normalized spacial score (nSPS) is 29.5. The molecule has 0 saturated carbocycles. The van der Waals surface area contributed by atoms with E-state index in [-0.39, 0.29) is 40.6 Å². The second-order valence-electron chi connectivity index (χ2n) is 17.3. The average molecular weight is 637 g/mol. The molecule has 5 N–H and O–H groups in total. The van der Waals surface area contributed by atoms with E-state index in [4.69, 9.17) is 0 Å². The van der Waals surface area contributed by atoms with E-state index in [1.165, 1.54) is 5.06 Å². The molecule has 0 aromatic heterocycles. The fraction of sp³-hybridized carbons (Fsp3) is 0.909.